The number of aliphatic hydroxyl groups excluding tert-OH is 1. The minimum absolute atomic E-state index is 0.0989. The van der Waals surface area contributed by atoms with Crippen molar-refractivity contribution in [3.8, 4) is 0 Å². The fourth-order valence-corrected chi connectivity index (χ4v) is 8.68. The molecule has 0 saturated heterocycles. The van der Waals surface area contributed by atoms with Gasteiger partial charge in [0.1, 0.15) is 0 Å². The van der Waals surface area contributed by atoms with Gasteiger partial charge in [0, 0.05) is 36.5 Å². The van der Waals surface area contributed by atoms with Gasteiger partial charge >= 0.3 is 0 Å². The van der Waals surface area contributed by atoms with E-state index in [9.17, 15) is 15.0 Å². The van der Waals surface area contributed by atoms with Crippen LogP contribution in [0.1, 0.15) is 123 Å². The maximum absolute atomic E-state index is 14.2. The van der Waals surface area contributed by atoms with Crippen LogP contribution in [0, 0.1) is 11.3 Å². The molecule has 2 saturated carbocycles. The first kappa shape index (κ1) is 28.8. The first-order chi connectivity index (χ1) is 19.8. The molecule has 2 N–H and O–H groups in total. The summed E-state index contributed by atoms with van der Waals surface area (Å²) in [6.07, 6.45) is 13.0. The third-order valence-electron chi connectivity index (χ3n) is 11.3. The molecule has 41 heavy (non-hydrogen) atoms. The van der Waals surface area contributed by atoms with E-state index in [0.29, 0.717) is 18.7 Å². The fourth-order valence-electron chi connectivity index (χ4n) is 8.68. The van der Waals surface area contributed by atoms with Crippen molar-refractivity contribution in [3.63, 3.8) is 0 Å². The Kier molecular flexibility index (Phi) is 8.28. The van der Waals surface area contributed by atoms with E-state index >= 15 is 0 Å². The van der Waals surface area contributed by atoms with Crippen LogP contribution < -0.4 is 0 Å². The first-order valence-corrected chi connectivity index (χ1v) is 16.3. The summed E-state index contributed by atoms with van der Waals surface area (Å²) in [5.74, 6) is 0.518. The van der Waals surface area contributed by atoms with Gasteiger partial charge in [-0.3, -0.25) is 9.69 Å². The molecule has 220 valence electrons. The number of ketones is 1. The van der Waals surface area contributed by atoms with Gasteiger partial charge in [0.05, 0.1) is 11.7 Å². The second-order valence-electron chi connectivity index (χ2n) is 14.1. The Morgan fingerprint density at radius 2 is 1.71 bits per heavy atom. The van der Waals surface area contributed by atoms with Crippen LogP contribution >= 0.6 is 0 Å². The van der Waals surface area contributed by atoms with Crippen LogP contribution in [0.15, 0.2) is 54.1 Å². The van der Waals surface area contributed by atoms with E-state index in [1.807, 2.05) is 0 Å². The second kappa shape index (κ2) is 11.8. The molecule has 4 heteroatoms. The first-order valence-electron chi connectivity index (χ1n) is 16.3. The summed E-state index contributed by atoms with van der Waals surface area (Å²) in [5.41, 5.74) is 5.95. The van der Waals surface area contributed by atoms with Gasteiger partial charge in [-0.1, -0.05) is 74.2 Å². The summed E-state index contributed by atoms with van der Waals surface area (Å²) in [5, 5.41) is 23.5. The number of allylic oxidation sites excluding steroid dienone is 2. The third kappa shape index (κ3) is 5.72. The molecule has 0 spiro atoms. The van der Waals surface area contributed by atoms with Gasteiger partial charge in [0.25, 0.3) is 0 Å². The van der Waals surface area contributed by atoms with Crippen LogP contribution in [0.4, 0.5) is 0 Å². The molecular formula is C37H49NO3. The summed E-state index contributed by atoms with van der Waals surface area (Å²) in [7, 11) is 0. The number of rotatable bonds is 4. The zero-order valence-corrected chi connectivity index (χ0v) is 25.2. The van der Waals surface area contributed by atoms with E-state index in [1.54, 1.807) is 0 Å². The molecule has 1 aliphatic heterocycles. The van der Waals surface area contributed by atoms with Crippen LogP contribution in [0.2, 0.25) is 0 Å². The lowest BCUT2D eigenvalue weighted by Gasteiger charge is -2.45. The number of carbonyl (C=O) groups excluding carboxylic acids is 1. The standard InChI is InChI=1S/C37H49NO3/c1-26-9-8-19-36(2)34(18-20-37(36,41)25-38-23-29-12-6-7-13-30(29)24-38)32-17-15-27(21-31(39)16-14-26)22-33(32)35(40)28-10-4-3-5-11-28/h6-7,9,12-13,15,17,22,28,31,34,39,41H,3-5,8,10-11,14,16,18-21,23-25H2,1-2H3/t31-,34-,36-,37+/m0/s1. The summed E-state index contributed by atoms with van der Waals surface area (Å²) in [6.45, 7) is 6.93. The molecule has 2 aromatic carbocycles. The minimum Gasteiger partial charge on any atom is -0.393 e. The molecule has 0 radical (unpaired) electrons. The number of β-amino-alcohol motifs (C(OH)–C–C–N with tert-alkyl or cyclic N) is 1. The summed E-state index contributed by atoms with van der Waals surface area (Å²) in [4.78, 5) is 16.6. The number of aliphatic hydroxyl groups is 2. The van der Waals surface area contributed by atoms with Crippen LogP contribution in [-0.2, 0) is 19.5 Å². The average Bonchev–Trinajstić information content (AvgIpc) is 3.49. The molecule has 1 heterocycles. The smallest absolute Gasteiger partial charge is 0.166 e. The Labute approximate surface area is 246 Å². The predicted octanol–water partition coefficient (Wildman–Crippen LogP) is 7.50. The van der Waals surface area contributed by atoms with Gasteiger partial charge < -0.3 is 10.2 Å². The molecule has 2 aromatic rings. The number of carbonyl (C=O) groups is 1. The van der Waals surface area contributed by atoms with Crippen molar-refractivity contribution < 1.29 is 15.0 Å². The largest absolute Gasteiger partial charge is 0.393 e. The highest BCUT2D eigenvalue weighted by Gasteiger charge is 2.57. The molecular weight excluding hydrogens is 506 g/mol. The number of fused-ring (bicyclic) bond motifs is 9. The van der Waals surface area contributed by atoms with Gasteiger partial charge in [-0.05, 0) is 98.9 Å². The van der Waals surface area contributed by atoms with Crippen LogP contribution in [0.5, 0.6) is 0 Å². The fraction of sp³-hybridized carbons (Fsp3) is 0.595. The average molecular weight is 556 g/mol. The zero-order valence-electron chi connectivity index (χ0n) is 25.2. The SMILES string of the molecule is CC1=CCC[C@@]2(C)[C@@H](CC[C@@]2(O)CN2Cc3ccccc3C2)c2ccc(cc2C(=O)C2CCCCC2)C[C@@H](O)CC1. The normalized spacial score (nSPS) is 31.4. The predicted molar refractivity (Wildman–Crippen MR) is 165 cm³/mol. The third-order valence-corrected chi connectivity index (χ3v) is 11.3. The van der Waals surface area contributed by atoms with Crippen molar-refractivity contribution in [2.45, 2.75) is 122 Å². The molecule has 4 atom stereocenters. The maximum atomic E-state index is 14.2. The summed E-state index contributed by atoms with van der Waals surface area (Å²) < 4.78 is 0. The molecule has 0 amide bonds. The van der Waals surface area contributed by atoms with Crippen molar-refractivity contribution in [1.82, 2.24) is 4.90 Å². The van der Waals surface area contributed by atoms with E-state index in [2.05, 4.69) is 67.3 Å². The van der Waals surface area contributed by atoms with E-state index in [0.717, 1.165) is 94.0 Å². The molecule has 0 unspecified atom stereocenters. The number of benzene rings is 2. The molecule has 5 aliphatic rings. The van der Waals surface area contributed by atoms with E-state index in [1.165, 1.54) is 23.1 Å². The van der Waals surface area contributed by atoms with Crippen molar-refractivity contribution in [3.05, 3.63) is 81.9 Å². The van der Waals surface area contributed by atoms with Gasteiger partial charge in [-0.25, -0.2) is 0 Å². The number of Topliss-reactive ketones (excluding diaryl/α,β-unsaturated/α-hetero) is 1. The van der Waals surface area contributed by atoms with Gasteiger partial charge in [-0.2, -0.15) is 0 Å². The van der Waals surface area contributed by atoms with Gasteiger partial charge in [0.2, 0.25) is 0 Å². The molecule has 0 aromatic heterocycles. The van der Waals surface area contributed by atoms with Crippen LogP contribution in [-0.4, -0.2) is 39.1 Å². The number of nitrogens with zero attached hydrogens (tertiary/aromatic N) is 1. The van der Waals surface area contributed by atoms with E-state index in [-0.39, 0.29) is 17.3 Å². The summed E-state index contributed by atoms with van der Waals surface area (Å²) >= 11 is 0. The minimum atomic E-state index is -0.835. The zero-order chi connectivity index (χ0) is 28.6. The van der Waals surface area contributed by atoms with E-state index in [4.69, 9.17) is 0 Å². The second-order valence-corrected chi connectivity index (χ2v) is 14.1. The highest BCUT2D eigenvalue weighted by Crippen LogP contribution is 2.59. The van der Waals surface area contributed by atoms with Crippen molar-refractivity contribution in [2.24, 2.45) is 11.3 Å². The molecule has 4 aliphatic carbocycles. The quantitative estimate of drug-likeness (QED) is 0.303. The van der Waals surface area contributed by atoms with Crippen molar-refractivity contribution in [1.29, 1.82) is 0 Å². The summed E-state index contributed by atoms with van der Waals surface area (Å²) in [6, 6.07) is 15.1. The maximum Gasteiger partial charge on any atom is 0.166 e. The molecule has 2 fully saturated rings. The Morgan fingerprint density at radius 1 is 0.976 bits per heavy atom. The van der Waals surface area contributed by atoms with Gasteiger partial charge in [-0.15, -0.1) is 0 Å². The number of hydrogen-bond acceptors (Lipinski definition) is 4. The van der Waals surface area contributed by atoms with Gasteiger partial charge in [0.15, 0.2) is 5.78 Å². The lowest BCUT2D eigenvalue weighted by Crippen LogP contribution is -2.51. The lowest BCUT2D eigenvalue weighted by molar-refractivity contribution is -0.0846. The highest BCUT2D eigenvalue weighted by atomic mass is 16.3. The Bertz CT molecular complexity index is 1270. The Morgan fingerprint density at radius 3 is 2.44 bits per heavy atom. The van der Waals surface area contributed by atoms with Crippen molar-refractivity contribution in [2.75, 3.05) is 6.54 Å². The Hall–Kier alpha value is -2.27. The molecule has 7 rings (SSSR count). The van der Waals surface area contributed by atoms with Crippen molar-refractivity contribution >= 4 is 5.78 Å². The topological polar surface area (TPSA) is 60.8 Å². The van der Waals surface area contributed by atoms with Crippen LogP contribution in [0.25, 0.3) is 0 Å². The van der Waals surface area contributed by atoms with Crippen LogP contribution in [0.3, 0.4) is 0 Å². The lowest BCUT2D eigenvalue weighted by atomic mass is 9.64. The molecule has 4 nitrogen and oxygen atoms in total. The Balaban J connectivity index is 1.38. The molecule has 2 bridgehead atoms. The number of hydrogen-bond donors (Lipinski definition) is 2. The monoisotopic (exact) mass is 555 g/mol. The highest BCUT2D eigenvalue weighted by molar-refractivity contribution is 5.99. The van der Waals surface area contributed by atoms with E-state index < -0.39 is 11.7 Å².